The smallest absolute Gasteiger partial charge is 0.163 e. The van der Waals surface area contributed by atoms with Crippen LogP contribution in [0.3, 0.4) is 0 Å². The summed E-state index contributed by atoms with van der Waals surface area (Å²) in [6.45, 7) is 4.14. The summed E-state index contributed by atoms with van der Waals surface area (Å²) in [6, 6.07) is 10.3. The van der Waals surface area contributed by atoms with E-state index in [9.17, 15) is 4.79 Å². The predicted octanol–water partition coefficient (Wildman–Crippen LogP) is 4.11. The van der Waals surface area contributed by atoms with E-state index in [0.29, 0.717) is 6.42 Å². The Morgan fingerprint density at radius 1 is 0.950 bits per heavy atom. The third-order valence-corrected chi connectivity index (χ3v) is 4.11. The van der Waals surface area contributed by atoms with Crippen LogP contribution in [0.2, 0.25) is 0 Å². The highest BCUT2D eigenvalue weighted by Gasteiger charge is 2.23. The van der Waals surface area contributed by atoms with Crippen molar-refractivity contribution < 1.29 is 9.53 Å². The van der Waals surface area contributed by atoms with E-state index < -0.39 is 0 Å². The molecule has 102 valence electrons. The molecule has 0 N–H and O–H groups in total. The summed E-state index contributed by atoms with van der Waals surface area (Å²) in [4.78, 5) is 11.9. The van der Waals surface area contributed by atoms with Crippen molar-refractivity contribution in [3.63, 3.8) is 0 Å². The molecule has 0 heterocycles. The molecule has 1 aliphatic carbocycles. The summed E-state index contributed by atoms with van der Waals surface area (Å²) in [7, 11) is 1.69. The molecule has 0 spiro atoms. The normalized spacial score (nSPS) is 13.4. The molecule has 2 aromatic rings. The van der Waals surface area contributed by atoms with Gasteiger partial charge in [-0.3, -0.25) is 4.79 Å². The van der Waals surface area contributed by atoms with E-state index in [1.165, 1.54) is 22.3 Å². The first kappa shape index (κ1) is 12.9. The zero-order valence-electron chi connectivity index (χ0n) is 12.1. The number of rotatable bonds is 2. The largest absolute Gasteiger partial charge is 0.496 e. The zero-order valence-corrected chi connectivity index (χ0v) is 12.1. The molecule has 0 saturated carbocycles. The van der Waals surface area contributed by atoms with E-state index in [4.69, 9.17) is 4.74 Å². The van der Waals surface area contributed by atoms with Crippen molar-refractivity contribution >= 4 is 5.78 Å². The van der Waals surface area contributed by atoms with Gasteiger partial charge in [0, 0.05) is 12.0 Å². The second kappa shape index (κ2) is 4.78. The molecule has 2 nitrogen and oxygen atoms in total. The molecule has 2 aromatic carbocycles. The topological polar surface area (TPSA) is 26.3 Å². The van der Waals surface area contributed by atoms with Gasteiger partial charge in [-0.25, -0.2) is 0 Å². The lowest BCUT2D eigenvalue weighted by Gasteiger charge is -2.14. The number of hydrogen-bond acceptors (Lipinski definition) is 2. The lowest BCUT2D eigenvalue weighted by Crippen LogP contribution is -1.95. The van der Waals surface area contributed by atoms with Gasteiger partial charge in [0.05, 0.1) is 7.11 Å². The molecule has 0 bridgehead atoms. The maximum absolute atomic E-state index is 11.9. The Balaban J connectivity index is 2.20. The van der Waals surface area contributed by atoms with Crippen molar-refractivity contribution in [2.45, 2.75) is 26.7 Å². The van der Waals surface area contributed by atoms with Gasteiger partial charge in [-0.2, -0.15) is 0 Å². The van der Waals surface area contributed by atoms with Crippen molar-refractivity contribution in [3.05, 3.63) is 52.6 Å². The van der Waals surface area contributed by atoms with Crippen molar-refractivity contribution in [3.8, 4) is 16.9 Å². The first-order chi connectivity index (χ1) is 9.61. The highest BCUT2D eigenvalue weighted by molar-refractivity contribution is 6.02. The van der Waals surface area contributed by atoms with E-state index in [-0.39, 0.29) is 5.78 Å². The minimum atomic E-state index is 0.268. The molecule has 0 amide bonds. The van der Waals surface area contributed by atoms with Gasteiger partial charge in [0.15, 0.2) is 5.78 Å². The molecule has 0 aromatic heterocycles. The van der Waals surface area contributed by atoms with E-state index in [0.717, 1.165) is 23.3 Å². The number of ketones is 1. The molecule has 0 fully saturated rings. The summed E-state index contributed by atoms with van der Waals surface area (Å²) in [5.74, 6) is 1.18. The summed E-state index contributed by atoms with van der Waals surface area (Å²) < 4.78 is 5.37. The van der Waals surface area contributed by atoms with Crippen LogP contribution < -0.4 is 4.74 Å². The van der Waals surface area contributed by atoms with Crippen molar-refractivity contribution in [2.24, 2.45) is 0 Å². The molecule has 0 unspecified atom stereocenters. The SMILES string of the molecule is COc1cc(C)c(-c2cccc3c2CCC3=O)cc1C. The number of hydrogen-bond donors (Lipinski definition) is 0. The van der Waals surface area contributed by atoms with Gasteiger partial charge in [0.1, 0.15) is 5.75 Å². The van der Waals surface area contributed by atoms with Crippen LogP contribution in [-0.2, 0) is 6.42 Å². The van der Waals surface area contributed by atoms with Crippen LogP contribution >= 0.6 is 0 Å². The van der Waals surface area contributed by atoms with Gasteiger partial charge < -0.3 is 4.74 Å². The number of carbonyl (C=O) groups excluding carboxylic acids is 1. The van der Waals surface area contributed by atoms with Gasteiger partial charge in [-0.05, 0) is 60.2 Å². The van der Waals surface area contributed by atoms with Gasteiger partial charge >= 0.3 is 0 Å². The van der Waals surface area contributed by atoms with E-state index in [2.05, 4.69) is 32.0 Å². The summed E-state index contributed by atoms with van der Waals surface area (Å²) in [5.41, 5.74) is 6.79. The average Bonchev–Trinajstić information content (AvgIpc) is 2.83. The van der Waals surface area contributed by atoms with Crippen molar-refractivity contribution in [2.75, 3.05) is 7.11 Å². The molecular formula is C18H18O2. The van der Waals surface area contributed by atoms with Crippen LogP contribution in [0.25, 0.3) is 11.1 Å². The first-order valence-electron chi connectivity index (χ1n) is 6.92. The first-order valence-corrected chi connectivity index (χ1v) is 6.92. The summed E-state index contributed by atoms with van der Waals surface area (Å²) >= 11 is 0. The van der Waals surface area contributed by atoms with Crippen molar-refractivity contribution in [1.29, 1.82) is 0 Å². The van der Waals surface area contributed by atoms with E-state index in [1.54, 1.807) is 7.11 Å². The monoisotopic (exact) mass is 266 g/mol. The van der Waals surface area contributed by atoms with Crippen molar-refractivity contribution in [1.82, 2.24) is 0 Å². The maximum atomic E-state index is 11.9. The lowest BCUT2D eigenvalue weighted by atomic mass is 9.92. The molecule has 0 atom stereocenters. The Labute approximate surface area is 119 Å². The van der Waals surface area contributed by atoms with Crippen LogP contribution in [0.4, 0.5) is 0 Å². The molecule has 1 aliphatic rings. The summed E-state index contributed by atoms with van der Waals surface area (Å²) in [6.07, 6.45) is 1.50. The number of fused-ring (bicyclic) bond motifs is 1. The molecule has 2 heteroatoms. The standard InChI is InChI=1S/C18H18O2/c1-11-10-18(20-3)12(2)9-16(11)13-5-4-6-15-14(13)7-8-17(15)19/h4-6,9-10H,7-8H2,1-3H3. The Morgan fingerprint density at radius 3 is 2.45 bits per heavy atom. The quantitative estimate of drug-likeness (QED) is 0.817. The van der Waals surface area contributed by atoms with Crippen LogP contribution in [0, 0.1) is 13.8 Å². The summed E-state index contributed by atoms with van der Waals surface area (Å²) in [5, 5.41) is 0. The number of ether oxygens (including phenoxy) is 1. The van der Waals surface area contributed by atoms with E-state index >= 15 is 0 Å². The zero-order chi connectivity index (χ0) is 14.3. The second-order valence-corrected chi connectivity index (χ2v) is 5.39. The van der Waals surface area contributed by atoms with Gasteiger partial charge in [-0.15, -0.1) is 0 Å². The van der Waals surface area contributed by atoms with E-state index in [1.807, 2.05) is 12.1 Å². The van der Waals surface area contributed by atoms with Gasteiger partial charge in [0.2, 0.25) is 0 Å². The lowest BCUT2D eigenvalue weighted by molar-refractivity contribution is 0.0994. The van der Waals surface area contributed by atoms with Gasteiger partial charge in [0.25, 0.3) is 0 Å². The maximum Gasteiger partial charge on any atom is 0.163 e. The molecule has 0 saturated heterocycles. The fraction of sp³-hybridized carbons (Fsp3) is 0.278. The average molecular weight is 266 g/mol. The Bertz CT molecular complexity index is 699. The van der Waals surface area contributed by atoms with Crippen LogP contribution in [0.5, 0.6) is 5.75 Å². The molecule has 3 rings (SSSR count). The third kappa shape index (κ3) is 1.92. The Morgan fingerprint density at radius 2 is 1.70 bits per heavy atom. The number of carbonyl (C=O) groups is 1. The molecule has 0 aliphatic heterocycles. The number of Topliss-reactive ketones (excluding diaryl/α,β-unsaturated/α-hetero) is 1. The Kier molecular flexibility index (Phi) is 3.09. The second-order valence-electron chi connectivity index (χ2n) is 5.39. The van der Waals surface area contributed by atoms with Gasteiger partial charge in [-0.1, -0.05) is 18.2 Å². The number of aryl methyl sites for hydroxylation is 2. The minimum Gasteiger partial charge on any atom is -0.496 e. The molecule has 0 radical (unpaired) electrons. The van der Waals surface area contributed by atoms with Crippen LogP contribution in [0.15, 0.2) is 30.3 Å². The fourth-order valence-electron chi connectivity index (χ4n) is 3.04. The third-order valence-electron chi connectivity index (χ3n) is 4.11. The molecule has 20 heavy (non-hydrogen) atoms. The fourth-order valence-corrected chi connectivity index (χ4v) is 3.04. The molecular weight excluding hydrogens is 248 g/mol. The van der Waals surface area contributed by atoms with Crippen LogP contribution in [-0.4, -0.2) is 12.9 Å². The Hall–Kier alpha value is -2.09. The predicted molar refractivity (Wildman–Crippen MR) is 80.6 cm³/mol. The highest BCUT2D eigenvalue weighted by Crippen LogP contribution is 2.36. The minimum absolute atomic E-state index is 0.268. The van der Waals surface area contributed by atoms with Crippen LogP contribution in [0.1, 0.15) is 33.5 Å². The number of methoxy groups -OCH3 is 1. The number of benzene rings is 2. The highest BCUT2D eigenvalue weighted by atomic mass is 16.5.